The van der Waals surface area contributed by atoms with Crippen molar-refractivity contribution in [3.05, 3.63) is 65.7 Å². The zero-order valence-corrected chi connectivity index (χ0v) is 17.2. The number of rotatable bonds is 7. The molecule has 0 radical (unpaired) electrons. The summed E-state index contributed by atoms with van der Waals surface area (Å²) in [6, 6.07) is 18.6. The van der Waals surface area contributed by atoms with Crippen molar-refractivity contribution in [2.24, 2.45) is 0 Å². The van der Waals surface area contributed by atoms with E-state index >= 15 is 0 Å². The average molecular weight is 387 g/mol. The Labute approximate surface area is 163 Å². The molecule has 0 saturated carbocycles. The SMILES string of the molecule is CC(C)c1ccccc1N1CCN(S(=O)(=O)CCCc2ccccc2)CC1. The van der Waals surface area contributed by atoms with E-state index in [0.717, 1.165) is 19.5 Å². The standard InChI is InChI=1S/C22H30N2O2S/c1-19(2)21-12-6-7-13-22(21)23-14-16-24(17-15-23)27(25,26)18-8-11-20-9-4-3-5-10-20/h3-7,9-10,12-13,19H,8,11,14-18H2,1-2H3. The van der Waals surface area contributed by atoms with E-state index in [4.69, 9.17) is 0 Å². The minimum atomic E-state index is -3.18. The Bertz CT molecular complexity index is 826. The minimum absolute atomic E-state index is 0.227. The van der Waals surface area contributed by atoms with Crippen LogP contribution in [0.2, 0.25) is 0 Å². The number of aryl methyl sites for hydroxylation is 1. The molecule has 0 amide bonds. The predicted octanol–water partition coefficient (Wildman–Crippen LogP) is 3.89. The molecule has 0 bridgehead atoms. The zero-order chi connectivity index (χ0) is 19.3. The summed E-state index contributed by atoms with van der Waals surface area (Å²) in [4.78, 5) is 2.32. The lowest BCUT2D eigenvalue weighted by Crippen LogP contribution is -2.49. The highest BCUT2D eigenvalue weighted by molar-refractivity contribution is 7.89. The Morgan fingerprint density at radius 2 is 1.52 bits per heavy atom. The number of sulfonamides is 1. The molecular weight excluding hydrogens is 356 g/mol. The number of hydrogen-bond acceptors (Lipinski definition) is 3. The lowest BCUT2D eigenvalue weighted by Gasteiger charge is -2.36. The van der Waals surface area contributed by atoms with Gasteiger partial charge in [-0.2, -0.15) is 4.31 Å². The predicted molar refractivity (Wildman–Crippen MR) is 113 cm³/mol. The summed E-state index contributed by atoms with van der Waals surface area (Å²) >= 11 is 0. The zero-order valence-electron chi connectivity index (χ0n) is 16.3. The molecule has 1 saturated heterocycles. The van der Waals surface area contributed by atoms with Crippen molar-refractivity contribution in [3.8, 4) is 0 Å². The molecule has 1 fully saturated rings. The Morgan fingerprint density at radius 1 is 0.889 bits per heavy atom. The molecule has 27 heavy (non-hydrogen) atoms. The maximum absolute atomic E-state index is 12.7. The van der Waals surface area contributed by atoms with Crippen LogP contribution in [0.3, 0.4) is 0 Å². The molecule has 0 spiro atoms. The number of nitrogens with zero attached hydrogens (tertiary/aromatic N) is 2. The molecule has 0 aliphatic carbocycles. The first-order valence-corrected chi connectivity index (χ1v) is 11.4. The van der Waals surface area contributed by atoms with E-state index < -0.39 is 10.0 Å². The van der Waals surface area contributed by atoms with Crippen molar-refractivity contribution in [1.82, 2.24) is 4.31 Å². The summed E-state index contributed by atoms with van der Waals surface area (Å²) in [5.41, 5.74) is 3.77. The van der Waals surface area contributed by atoms with Gasteiger partial charge in [-0.3, -0.25) is 0 Å². The third-order valence-electron chi connectivity index (χ3n) is 5.24. The van der Waals surface area contributed by atoms with Crippen LogP contribution >= 0.6 is 0 Å². The van der Waals surface area contributed by atoms with Gasteiger partial charge in [-0.25, -0.2) is 8.42 Å². The van der Waals surface area contributed by atoms with Crippen molar-refractivity contribution in [2.75, 3.05) is 36.8 Å². The van der Waals surface area contributed by atoms with Gasteiger partial charge in [-0.05, 0) is 36.0 Å². The fraction of sp³-hybridized carbons (Fsp3) is 0.455. The van der Waals surface area contributed by atoms with Crippen LogP contribution in [0.1, 0.15) is 37.3 Å². The van der Waals surface area contributed by atoms with Crippen molar-refractivity contribution in [2.45, 2.75) is 32.6 Å². The Morgan fingerprint density at radius 3 is 2.19 bits per heavy atom. The van der Waals surface area contributed by atoms with Crippen molar-refractivity contribution < 1.29 is 8.42 Å². The topological polar surface area (TPSA) is 40.6 Å². The number of benzene rings is 2. The quantitative estimate of drug-likeness (QED) is 0.725. The van der Waals surface area contributed by atoms with Gasteiger partial charge in [0, 0.05) is 31.9 Å². The second kappa shape index (κ2) is 8.89. The number of piperazine rings is 1. The summed E-state index contributed by atoms with van der Waals surface area (Å²) < 4.78 is 27.1. The van der Waals surface area contributed by atoms with Crippen LogP contribution < -0.4 is 4.90 Å². The molecule has 3 rings (SSSR count). The molecule has 146 valence electrons. The van der Waals surface area contributed by atoms with Gasteiger partial charge in [0.05, 0.1) is 5.75 Å². The Balaban J connectivity index is 1.55. The van der Waals surface area contributed by atoms with E-state index in [1.807, 2.05) is 18.2 Å². The number of para-hydroxylation sites is 1. The highest BCUT2D eigenvalue weighted by atomic mass is 32.2. The minimum Gasteiger partial charge on any atom is -0.369 e. The fourth-order valence-electron chi connectivity index (χ4n) is 3.70. The molecule has 5 heteroatoms. The van der Waals surface area contributed by atoms with Crippen molar-refractivity contribution in [3.63, 3.8) is 0 Å². The second-order valence-electron chi connectivity index (χ2n) is 7.50. The number of anilines is 1. The van der Waals surface area contributed by atoms with Gasteiger partial charge < -0.3 is 4.90 Å². The van der Waals surface area contributed by atoms with Gasteiger partial charge in [0.2, 0.25) is 10.0 Å². The molecule has 1 aliphatic heterocycles. The van der Waals surface area contributed by atoms with Crippen LogP contribution in [-0.4, -0.2) is 44.7 Å². The molecule has 4 nitrogen and oxygen atoms in total. The third kappa shape index (κ3) is 5.11. The highest BCUT2D eigenvalue weighted by Gasteiger charge is 2.27. The Hall–Kier alpha value is -1.85. The second-order valence-corrected chi connectivity index (χ2v) is 9.59. The van der Waals surface area contributed by atoms with E-state index in [2.05, 4.69) is 55.1 Å². The van der Waals surface area contributed by atoms with Crippen LogP contribution in [0.5, 0.6) is 0 Å². The van der Waals surface area contributed by atoms with E-state index in [-0.39, 0.29) is 5.75 Å². The van der Waals surface area contributed by atoms with Crippen molar-refractivity contribution in [1.29, 1.82) is 0 Å². The summed E-state index contributed by atoms with van der Waals surface area (Å²) in [6.45, 7) is 7.04. The largest absolute Gasteiger partial charge is 0.369 e. The van der Waals surface area contributed by atoms with Gasteiger partial charge >= 0.3 is 0 Å². The van der Waals surface area contributed by atoms with Crippen LogP contribution in [0.25, 0.3) is 0 Å². The van der Waals surface area contributed by atoms with Gasteiger partial charge in [0.15, 0.2) is 0 Å². The summed E-state index contributed by atoms with van der Waals surface area (Å²) in [7, 11) is -3.18. The Kier molecular flexibility index (Phi) is 6.55. The maximum atomic E-state index is 12.7. The van der Waals surface area contributed by atoms with Gasteiger partial charge in [0.25, 0.3) is 0 Å². The van der Waals surface area contributed by atoms with Gasteiger partial charge in [-0.1, -0.05) is 62.4 Å². The summed E-state index contributed by atoms with van der Waals surface area (Å²) in [5.74, 6) is 0.686. The fourth-order valence-corrected chi connectivity index (χ4v) is 5.19. The van der Waals surface area contributed by atoms with E-state index in [1.165, 1.54) is 16.8 Å². The van der Waals surface area contributed by atoms with Gasteiger partial charge in [-0.15, -0.1) is 0 Å². The summed E-state index contributed by atoms with van der Waals surface area (Å²) in [6.07, 6.45) is 1.48. The summed E-state index contributed by atoms with van der Waals surface area (Å²) in [5, 5.41) is 0. The first kappa shape index (κ1) is 19.9. The molecule has 2 aromatic rings. The third-order valence-corrected chi connectivity index (χ3v) is 7.20. The maximum Gasteiger partial charge on any atom is 0.214 e. The van der Waals surface area contributed by atoms with Crippen LogP contribution in [-0.2, 0) is 16.4 Å². The van der Waals surface area contributed by atoms with E-state index in [0.29, 0.717) is 25.4 Å². The van der Waals surface area contributed by atoms with Crippen molar-refractivity contribution >= 4 is 15.7 Å². The smallest absolute Gasteiger partial charge is 0.214 e. The van der Waals surface area contributed by atoms with E-state index in [9.17, 15) is 8.42 Å². The monoisotopic (exact) mass is 386 g/mol. The van der Waals surface area contributed by atoms with E-state index in [1.54, 1.807) is 4.31 Å². The molecule has 0 unspecified atom stereocenters. The number of hydrogen-bond donors (Lipinski definition) is 0. The first-order chi connectivity index (χ1) is 13.0. The highest BCUT2D eigenvalue weighted by Crippen LogP contribution is 2.28. The van der Waals surface area contributed by atoms with Crippen LogP contribution in [0.15, 0.2) is 54.6 Å². The lowest BCUT2D eigenvalue weighted by molar-refractivity contribution is 0.384. The molecule has 0 atom stereocenters. The van der Waals surface area contributed by atoms with Crippen LogP contribution in [0.4, 0.5) is 5.69 Å². The molecular formula is C22H30N2O2S. The molecule has 0 N–H and O–H groups in total. The first-order valence-electron chi connectivity index (χ1n) is 9.83. The van der Waals surface area contributed by atoms with Gasteiger partial charge in [0.1, 0.15) is 0 Å². The lowest BCUT2D eigenvalue weighted by atomic mass is 10.00. The molecule has 2 aromatic carbocycles. The molecule has 1 aliphatic rings. The average Bonchev–Trinajstić information content (AvgIpc) is 2.69. The van der Waals surface area contributed by atoms with Crippen LogP contribution in [0, 0.1) is 0 Å². The normalized spacial score (nSPS) is 16.0. The molecule has 1 heterocycles. The molecule has 0 aromatic heterocycles.